The third-order valence-corrected chi connectivity index (χ3v) is 4.10. The number of ether oxygens (including phenoxy) is 1. The number of carbonyl (C=O) groups excluding carboxylic acids is 1. The van der Waals surface area contributed by atoms with Gasteiger partial charge in [-0.2, -0.15) is 0 Å². The Kier molecular flexibility index (Phi) is 5.66. The molecular weight excluding hydrogens is 332 g/mol. The quantitative estimate of drug-likeness (QED) is 0.808. The van der Waals surface area contributed by atoms with Gasteiger partial charge in [-0.15, -0.1) is 0 Å². The lowest BCUT2D eigenvalue weighted by atomic mass is 10.1. The van der Waals surface area contributed by atoms with E-state index in [0.29, 0.717) is 18.8 Å². The van der Waals surface area contributed by atoms with Crippen LogP contribution in [0.4, 0.5) is 5.69 Å². The first-order valence-corrected chi connectivity index (χ1v) is 8.38. The molecule has 0 aromatic heterocycles. The van der Waals surface area contributed by atoms with E-state index in [1.807, 2.05) is 24.3 Å². The topological polar surface area (TPSA) is 78.9 Å². The van der Waals surface area contributed by atoms with Crippen molar-refractivity contribution in [2.45, 2.75) is 0 Å². The fraction of sp³-hybridized carbons (Fsp3) is 0.200. The third-order valence-electron chi connectivity index (χ3n) is 4.10. The van der Waals surface area contributed by atoms with Gasteiger partial charge in [0.2, 0.25) is 0 Å². The monoisotopic (exact) mass is 352 g/mol. The lowest BCUT2D eigenvalue weighted by Gasteiger charge is -2.30. The Morgan fingerprint density at radius 1 is 1.00 bits per heavy atom. The van der Waals surface area contributed by atoms with Crippen LogP contribution in [-0.2, 0) is 9.53 Å². The largest absolute Gasteiger partial charge is 0.477 e. The molecule has 26 heavy (non-hydrogen) atoms. The zero-order valence-electron chi connectivity index (χ0n) is 14.2. The highest BCUT2D eigenvalue weighted by Gasteiger charge is 2.17. The number of morpholine rings is 1. The highest BCUT2D eigenvalue weighted by molar-refractivity contribution is 6.03. The molecule has 0 radical (unpaired) electrons. The Balaban J connectivity index is 1.87. The maximum atomic E-state index is 12.3. The van der Waals surface area contributed by atoms with Gasteiger partial charge in [-0.1, -0.05) is 36.4 Å². The first kappa shape index (κ1) is 17.7. The summed E-state index contributed by atoms with van der Waals surface area (Å²) in [6.07, 6.45) is 1.49. The minimum absolute atomic E-state index is 0.167. The molecule has 134 valence electrons. The van der Waals surface area contributed by atoms with Crippen LogP contribution in [0.15, 0.2) is 60.3 Å². The van der Waals surface area contributed by atoms with Crippen molar-refractivity contribution < 1.29 is 19.4 Å². The summed E-state index contributed by atoms with van der Waals surface area (Å²) in [6.45, 7) is 2.75. The number of para-hydroxylation sites is 1. The maximum absolute atomic E-state index is 12.3. The summed E-state index contributed by atoms with van der Waals surface area (Å²) < 4.78 is 5.37. The molecule has 1 saturated heterocycles. The molecule has 0 spiro atoms. The van der Waals surface area contributed by atoms with Gasteiger partial charge in [-0.05, 0) is 24.3 Å². The molecule has 1 aliphatic heterocycles. The molecule has 0 unspecified atom stereocenters. The number of carboxylic acid groups (broad SMARTS) is 1. The van der Waals surface area contributed by atoms with Gasteiger partial charge in [-0.25, -0.2) is 4.79 Å². The number of hydrogen-bond acceptors (Lipinski definition) is 4. The number of benzene rings is 2. The predicted octanol–water partition coefficient (Wildman–Crippen LogP) is 2.38. The second kappa shape index (κ2) is 8.31. The summed E-state index contributed by atoms with van der Waals surface area (Å²) in [4.78, 5) is 26.1. The van der Waals surface area contributed by atoms with Gasteiger partial charge < -0.3 is 20.1 Å². The molecule has 6 nitrogen and oxygen atoms in total. The van der Waals surface area contributed by atoms with Gasteiger partial charge >= 0.3 is 5.97 Å². The van der Waals surface area contributed by atoms with E-state index in [9.17, 15) is 14.7 Å². The summed E-state index contributed by atoms with van der Waals surface area (Å²) in [5.41, 5.74) is 1.89. The SMILES string of the molecule is O=C(O)/C(=C\c1ccccc1N1CCOCC1)NC(=O)c1ccccc1. The summed E-state index contributed by atoms with van der Waals surface area (Å²) in [6, 6.07) is 16.0. The van der Waals surface area contributed by atoms with E-state index >= 15 is 0 Å². The van der Waals surface area contributed by atoms with Gasteiger partial charge in [0.25, 0.3) is 5.91 Å². The summed E-state index contributed by atoms with van der Waals surface area (Å²) >= 11 is 0. The van der Waals surface area contributed by atoms with E-state index in [1.54, 1.807) is 30.3 Å². The number of anilines is 1. The standard InChI is InChI=1S/C20H20N2O4/c23-19(15-6-2-1-3-7-15)21-17(20(24)25)14-16-8-4-5-9-18(16)22-10-12-26-13-11-22/h1-9,14H,10-13H2,(H,21,23)(H,24,25)/b17-14+. The van der Waals surface area contributed by atoms with E-state index in [1.165, 1.54) is 6.08 Å². The second-order valence-electron chi connectivity index (χ2n) is 5.84. The Morgan fingerprint density at radius 2 is 1.65 bits per heavy atom. The lowest BCUT2D eigenvalue weighted by molar-refractivity contribution is -0.132. The number of hydrogen-bond donors (Lipinski definition) is 2. The van der Waals surface area contributed by atoms with Crippen LogP contribution in [0.25, 0.3) is 6.08 Å². The summed E-state index contributed by atoms with van der Waals surface area (Å²) in [5, 5.41) is 12.0. The highest BCUT2D eigenvalue weighted by atomic mass is 16.5. The van der Waals surface area contributed by atoms with E-state index < -0.39 is 11.9 Å². The molecule has 2 aromatic rings. The Labute approximate surface area is 151 Å². The normalized spacial score (nSPS) is 14.8. The first-order chi connectivity index (χ1) is 12.6. The third kappa shape index (κ3) is 4.29. The van der Waals surface area contributed by atoms with Gasteiger partial charge in [-0.3, -0.25) is 4.79 Å². The van der Waals surface area contributed by atoms with Crippen molar-refractivity contribution in [3.8, 4) is 0 Å². The molecule has 3 rings (SSSR count). The number of amides is 1. The van der Waals surface area contributed by atoms with E-state index in [0.717, 1.165) is 24.3 Å². The molecule has 6 heteroatoms. The van der Waals surface area contributed by atoms with Crippen molar-refractivity contribution in [1.82, 2.24) is 5.32 Å². The van der Waals surface area contributed by atoms with Crippen LogP contribution in [0, 0.1) is 0 Å². The number of carboxylic acids is 1. The second-order valence-corrected chi connectivity index (χ2v) is 5.84. The fourth-order valence-corrected chi connectivity index (χ4v) is 2.79. The zero-order valence-corrected chi connectivity index (χ0v) is 14.2. The number of aliphatic carboxylic acids is 1. The van der Waals surface area contributed by atoms with E-state index in [4.69, 9.17) is 4.74 Å². The number of carbonyl (C=O) groups is 2. The van der Waals surface area contributed by atoms with Crippen LogP contribution < -0.4 is 10.2 Å². The van der Waals surface area contributed by atoms with Crippen LogP contribution in [-0.4, -0.2) is 43.3 Å². The van der Waals surface area contributed by atoms with Crippen molar-refractivity contribution in [2.24, 2.45) is 0 Å². The predicted molar refractivity (Wildman–Crippen MR) is 99.0 cm³/mol. The van der Waals surface area contributed by atoms with Crippen LogP contribution >= 0.6 is 0 Å². The Bertz CT molecular complexity index is 812. The molecule has 2 N–H and O–H groups in total. The Hall–Kier alpha value is -3.12. The minimum atomic E-state index is -1.19. The van der Waals surface area contributed by atoms with Crippen LogP contribution in [0.2, 0.25) is 0 Å². The molecule has 1 amide bonds. The van der Waals surface area contributed by atoms with Crippen molar-refractivity contribution in [3.05, 3.63) is 71.4 Å². The molecule has 0 atom stereocenters. The van der Waals surface area contributed by atoms with Crippen molar-refractivity contribution >= 4 is 23.6 Å². The molecule has 1 heterocycles. The average Bonchev–Trinajstić information content (AvgIpc) is 2.69. The number of rotatable bonds is 5. The first-order valence-electron chi connectivity index (χ1n) is 8.38. The molecule has 0 aliphatic carbocycles. The van der Waals surface area contributed by atoms with Crippen LogP contribution in [0.3, 0.4) is 0 Å². The van der Waals surface area contributed by atoms with Crippen molar-refractivity contribution in [3.63, 3.8) is 0 Å². The van der Waals surface area contributed by atoms with Crippen molar-refractivity contribution in [2.75, 3.05) is 31.2 Å². The van der Waals surface area contributed by atoms with E-state index in [2.05, 4.69) is 10.2 Å². The Morgan fingerprint density at radius 3 is 2.35 bits per heavy atom. The smallest absolute Gasteiger partial charge is 0.352 e. The van der Waals surface area contributed by atoms with Crippen LogP contribution in [0.1, 0.15) is 15.9 Å². The zero-order chi connectivity index (χ0) is 18.4. The lowest BCUT2D eigenvalue weighted by Crippen LogP contribution is -2.36. The fourth-order valence-electron chi connectivity index (χ4n) is 2.79. The number of nitrogens with zero attached hydrogens (tertiary/aromatic N) is 1. The van der Waals surface area contributed by atoms with Crippen molar-refractivity contribution in [1.29, 1.82) is 0 Å². The molecular formula is C20H20N2O4. The van der Waals surface area contributed by atoms with E-state index in [-0.39, 0.29) is 5.70 Å². The molecule has 2 aromatic carbocycles. The average molecular weight is 352 g/mol. The summed E-state index contributed by atoms with van der Waals surface area (Å²) in [7, 11) is 0. The highest BCUT2D eigenvalue weighted by Crippen LogP contribution is 2.23. The van der Waals surface area contributed by atoms with Crippen LogP contribution in [0.5, 0.6) is 0 Å². The summed E-state index contributed by atoms with van der Waals surface area (Å²) in [5.74, 6) is -1.64. The molecule has 0 bridgehead atoms. The molecule has 1 fully saturated rings. The molecule has 0 saturated carbocycles. The molecule has 1 aliphatic rings. The van der Waals surface area contributed by atoms with Gasteiger partial charge in [0.1, 0.15) is 5.70 Å². The van der Waals surface area contributed by atoms with Gasteiger partial charge in [0.05, 0.1) is 13.2 Å². The number of nitrogens with one attached hydrogen (secondary N) is 1. The maximum Gasteiger partial charge on any atom is 0.352 e. The minimum Gasteiger partial charge on any atom is -0.477 e. The van der Waals surface area contributed by atoms with Gasteiger partial charge in [0.15, 0.2) is 0 Å². The van der Waals surface area contributed by atoms with Gasteiger partial charge in [0, 0.05) is 29.9 Å².